The summed E-state index contributed by atoms with van der Waals surface area (Å²) in [5.74, 6) is 0.430. The molecule has 1 heteroatoms. The molecule has 0 aromatic heterocycles. The predicted octanol–water partition coefficient (Wildman–Crippen LogP) is 4.52. The van der Waals surface area contributed by atoms with E-state index in [2.05, 4.69) is 48.6 Å². The zero-order chi connectivity index (χ0) is 12.7. The molecule has 1 aliphatic heterocycles. The summed E-state index contributed by atoms with van der Waals surface area (Å²) in [6.07, 6.45) is 8.68. The molecule has 0 spiro atoms. The molecule has 1 aliphatic carbocycles. The van der Waals surface area contributed by atoms with Crippen LogP contribution in [0.4, 0.5) is 0 Å². The molecule has 0 radical (unpaired) electrons. The first kappa shape index (κ1) is 11.2. The average molecular weight is 250 g/mol. The van der Waals surface area contributed by atoms with Crippen molar-refractivity contribution in [3.05, 3.63) is 53.6 Å². The SMILES string of the molecule is C1=CC(C2CCCCO2)c2cccc3cccc1c23. The minimum Gasteiger partial charge on any atom is -0.377 e. The predicted molar refractivity (Wildman–Crippen MR) is 79.3 cm³/mol. The quantitative estimate of drug-likeness (QED) is 0.723. The third kappa shape index (κ3) is 1.81. The van der Waals surface area contributed by atoms with E-state index in [-0.39, 0.29) is 0 Å². The lowest BCUT2D eigenvalue weighted by molar-refractivity contribution is 0.00796. The molecule has 0 amide bonds. The van der Waals surface area contributed by atoms with Crippen LogP contribution >= 0.6 is 0 Å². The lowest BCUT2D eigenvalue weighted by atomic mass is 9.81. The fraction of sp³-hybridized carbons (Fsp3) is 0.333. The monoisotopic (exact) mass is 250 g/mol. The van der Waals surface area contributed by atoms with E-state index in [1.54, 1.807) is 0 Å². The second kappa shape index (κ2) is 4.50. The highest BCUT2D eigenvalue weighted by Gasteiger charge is 2.27. The van der Waals surface area contributed by atoms with Crippen LogP contribution in [0.5, 0.6) is 0 Å². The highest BCUT2D eigenvalue weighted by atomic mass is 16.5. The molecular formula is C18H18O. The molecule has 1 saturated heterocycles. The van der Waals surface area contributed by atoms with Gasteiger partial charge in [-0.25, -0.2) is 0 Å². The minimum atomic E-state index is 0.365. The summed E-state index contributed by atoms with van der Waals surface area (Å²) >= 11 is 0. The largest absolute Gasteiger partial charge is 0.377 e. The maximum absolute atomic E-state index is 6.01. The lowest BCUT2D eigenvalue weighted by Gasteiger charge is -2.31. The Balaban J connectivity index is 1.85. The van der Waals surface area contributed by atoms with Crippen molar-refractivity contribution in [1.29, 1.82) is 0 Å². The molecule has 1 fully saturated rings. The topological polar surface area (TPSA) is 9.23 Å². The van der Waals surface area contributed by atoms with Crippen molar-refractivity contribution in [3.8, 4) is 0 Å². The first-order valence-electron chi connectivity index (χ1n) is 7.25. The van der Waals surface area contributed by atoms with Gasteiger partial charge in [-0.2, -0.15) is 0 Å². The Bertz CT molecular complexity index is 630. The molecule has 0 bridgehead atoms. The number of ether oxygens (including phenoxy) is 1. The Morgan fingerprint density at radius 1 is 1.00 bits per heavy atom. The maximum Gasteiger partial charge on any atom is 0.0678 e. The Labute approximate surface area is 113 Å². The number of hydrogen-bond donors (Lipinski definition) is 0. The van der Waals surface area contributed by atoms with Crippen molar-refractivity contribution < 1.29 is 4.74 Å². The number of rotatable bonds is 1. The summed E-state index contributed by atoms with van der Waals surface area (Å²) < 4.78 is 6.01. The molecule has 4 rings (SSSR count). The zero-order valence-corrected chi connectivity index (χ0v) is 11.0. The highest BCUT2D eigenvalue weighted by Crippen LogP contribution is 2.39. The van der Waals surface area contributed by atoms with Crippen molar-refractivity contribution >= 4 is 16.8 Å². The molecule has 2 aromatic carbocycles. The molecule has 1 heterocycles. The molecule has 2 aliphatic rings. The average Bonchev–Trinajstić information content (AvgIpc) is 2.49. The van der Waals surface area contributed by atoms with Crippen LogP contribution in [0.2, 0.25) is 0 Å². The van der Waals surface area contributed by atoms with Gasteiger partial charge in [-0.05, 0) is 41.2 Å². The van der Waals surface area contributed by atoms with Gasteiger partial charge in [-0.15, -0.1) is 0 Å². The second-order valence-corrected chi connectivity index (χ2v) is 5.58. The van der Waals surface area contributed by atoms with Gasteiger partial charge >= 0.3 is 0 Å². The molecule has 1 nitrogen and oxygen atoms in total. The molecule has 2 aromatic rings. The molecular weight excluding hydrogens is 232 g/mol. The fourth-order valence-electron chi connectivity index (χ4n) is 3.50. The van der Waals surface area contributed by atoms with E-state index in [1.165, 1.54) is 41.2 Å². The lowest BCUT2D eigenvalue weighted by Crippen LogP contribution is -2.26. The van der Waals surface area contributed by atoms with E-state index in [0.717, 1.165) is 6.61 Å². The van der Waals surface area contributed by atoms with E-state index >= 15 is 0 Å². The van der Waals surface area contributed by atoms with Gasteiger partial charge < -0.3 is 4.74 Å². The van der Waals surface area contributed by atoms with Gasteiger partial charge in [0.2, 0.25) is 0 Å². The van der Waals surface area contributed by atoms with Crippen LogP contribution < -0.4 is 0 Å². The van der Waals surface area contributed by atoms with Crippen LogP contribution in [0.1, 0.15) is 36.3 Å². The van der Waals surface area contributed by atoms with E-state index in [9.17, 15) is 0 Å². The third-order valence-corrected chi connectivity index (χ3v) is 4.43. The van der Waals surface area contributed by atoms with E-state index in [4.69, 9.17) is 4.74 Å². The van der Waals surface area contributed by atoms with Gasteiger partial charge in [0.1, 0.15) is 0 Å². The van der Waals surface area contributed by atoms with Crippen molar-refractivity contribution in [3.63, 3.8) is 0 Å². The van der Waals surface area contributed by atoms with Gasteiger partial charge in [-0.1, -0.05) is 48.6 Å². The van der Waals surface area contributed by atoms with Gasteiger partial charge in [0, 0.05) is 12.5 Å². The summed E-state index contributed by atoms with van der Waals surface area (Å²) in [6.45, 7) is 0.923. The van der Waals surface area contributed by atoms with Gasteiger partial charge in [0.25, 0.3) is 0 Å². The Morgan fingerprint density at radius 2 is 1.89 bits per heavy atom. The summed E-state index contributed by atoms with van der Waals surface area (Å²) in [7, 11) is 0. The normalized spacial score (nSPS) is 25.7. The van der Waals surface area contributed by atoms with E-state index < -0.39 is 0 Å². The first-order chi connectivity index (χ1) is 9.43. The molecule has 2 atom stereocenters. The van der Waals surface area contributed by atoms with Gasteiger partial charge in [0.05, 0.1) is 6.10 Å². The summed E-state index contributed by atoms with van der Waals surface area (Å²) in [5, 5.41) is 2.77. The Kier molecular flexibility index (Phi) is 2.66. The maximum atomic E-state index is 6.01. The number of benzene rings is 2. The fourth-order valence-corrected chi connectivity index (χ4v) is 3.50. The van der Waals surface area contributed by atoms with Gasteiger partial charge in [0.15, 0.2) is 0 Å². The molecule has 2 unspecified atom stereocenters. The smallest absolute Gasteiger partial charge is 0.0678 e. The van der Waals surface area contributed by atoms with E-state index in [1.807, 2.05) is 0 Å². The molecule has 96 valence electrons. The highest BCUT2D eigenvalue weighted by molar-refractivity contribution is 5.95. The molecule has 0 saturated carbocycles. The summed E-state index contributed by atoms with van der Waals surface area (Å²) in [4.78, 5) is 0. The first-order valence-corrected chi connectivity index (χ1v) is 7.25. The molecule has 0 N–H and O–H groups in total. The van der Waals surface area contributed by atoms with Crippen molar-refractivity contribution in [2.75, 3.05) is 6.61 Å². The molecule has 19 heavy (non-hydrogen) atoms. The number of hydrogen-bond acceptors (Lipinski definition) is 1. The zero-order valence-electron chi connectivity index (χ0n) is 11.0. The minimum absolute atomic E-state index is 0.365. The van der Waals surface area contributed by atoms with Crippen LogP contribution in [0, 0.1) is 0 Å². The van der Waals surface area contributed by atoms with Crippen LogP contribution in [0.3, 0.4) is 0 Å². The Hall–Kier alpha value is -1.60. The van der Waals surface area contributed by atoms with Crippen LogP contribution in [-0.4, -0.2) is 12.7 Å². The summed E-state index contributed by atoms with van der Waals surface area (Å²) in [6, 6.07) is 13.2. The van der Waals surface area contributed by atoms with Crippen molar-refractivity contribution in [2.24, 2.45) is 0 Å². The standard InChI is InChI=1S/C18H18O/c1-2-12-19-17(9-1)15-11-10-14-6-3-5-13-7-4-8-16(15)18(13)14/h3-8,10-11,15,17H,1-2,9,12H2. The second-order valence-electron chi connectivity index (χ2n) is 5.58. The summed E-state index contributed by atoms with van der Waals surface area (Å²) in [5.41, 5.74) is 2.79. The van der Waals surface area contributed by atoms with Crippen LogP contribution in [0.25, 0.3) is 16.8 Å². The van der Waals surface area contributed by atoms with E-state index in [0.29, 0.717) is 12.0 Å². The Morgan fingerprint density at radius 3 is 2.74 bits per heavy atom. The van der Waals surface area contributed by atoms with Crippen molar-refractivity contribution in [1.82, 2.24) is 0 Å². The van der Waals surface area contributed by atoms with Crippen LogP contribution in [-0.2, 0) is 4.74 Å². The van der Waals surface area contributed by atoms with Crippen molar-refractivity contribution in [2.45, 2.75) is 31.3 Å². The van der Waals surface area contributed by atoms with Gasteiger partial charge in [-0.3, -0.25) is 0 Å². The van der Waals surface area contributed by atoms with Crippen LogP contribution in [0.15, 0.2) is 42.5 Å². The third-order valence-electron chi connectivity index (χ3n) is 4.43.